The van der Waals surface area contributed by atoms with E-state index in [-0.39, 0.29) is 0 Å². The molecule has 3 unspecified atom stereocenters. The molecule has 0 radical (unpaired) electrons. The van der Waals surface area contributed by atoms with Crippen LogP contribution in [-0.4, -0.2) is 30.6 Å². The first-order valence-corrected chi connectivity index (χ1v) is 8.66. The Balaban J connectivity index is 1.81. The van der Waals surface area contributed by atoms with Gasteiger partial charge in [0, 0.05) is 18.6 Å². The Morgan fingerprint density at radius 3 is 2.47 bits per heavy atom. The van der Waals surface area contributed by atoms with E-state index in [1.54, 1.807) is 0 Å². The molecule has 2 aliphatic rings. The number of nitrogens with zero attached hydrogens (tertiary/aromatic N) is 1. The molecule has 2 fully saturated rings. The van der Waals surface area contributed by atoms with Gasteiger partial charge in [0.2, 0.25) is 0 Å². The average Bonchev–Trinajstić information content (AvgIpc) is 2.44. The van der Waals surface area contributed by atoms with Crippen LogP contribution < -0.4 is 5.73 Å². The van der Waals surface area contributed by atoms with Gasteiger partial charge < -0.3 is 10.6 Å². The summed E-state index contributed by atoms with van der Waals surface area (Å²) in [4.78, 5) is 2.64. The number of hydrogen-bond acceptors (Lipinski definition) is 2. The van der Waals surface area contributed by atoms with Crippen molar-refractivity contribution in [3.8, 4) is 0 Å². The molecule has 0 heterocycles. The summed E-state index contributed by atoms with van der Waals surface area (Å²) < 4.78 is 0. The van der Waals surface area contributed by atoms with Crippen molar-refractivity contribution < 1.29 is 0 Å². The molecule has 2 aliphatic carbocycles. The normalized spacial score (nSPS) is 33.8. The van der Waals surface area contributed by atoms with Crippen LogP contribution in [0.4, 0.5) is 0 Å². The van der Waals surface area contributed by atoms with Crippen molar-refractivity contribution in [2.75, 3.05) is 13.6 Å². The van der Waals surface area contributed by atoms with E-state index < -0.39 is 0 Å². The lowest BCUT2D eigenvalue weighted by atomic mass is 9.76. The summed E-state index contributed by atoms with van der Waals surface area (Å²) in [6.07, 6.45) is 13.9. The molecule has 2 N–H and O–H groups in total. The van der Waals surface area contributed by atoms with Gasteiger partial charge in [-0.1, -0.05) is 39.0 Å². The molecule has 112 valence electrons. The minimum absolute atomic E-state index is 0.458. The molecule has 2 nitrogen and oxygen atoms in total. The zero-order chi connectivity index (χ0) is 13.7. The van der Waals surface area contributed by atoms with Crippen LogP contribution in [0.3, 0.4) is 0 Å². The fourth-order valence-corrected chi connectivity index (χ4v) is 4.31. The third kappa shape index (κ3) is 4.46. The highest BCUT2D eigenvalue weighted by atomic mass is 15.1. The Morgan fingerprint density at radius 1 is 1.05 bits per heavy atom. The quantitative estimate of drug-likeness (QED) is 0.820. The van der Waals surface area contributed by atoms with Crippen molar-refractivity contribution in [1.29, 1.82) is 0 Å². The van der Waals surface area contributed by atoms with E-state index in [1.165, 1.54) is 70.8 Å². The first-order valence-electron chi connectivity index (χ1n) is 8.66. The molecule has 0 amide bonds. The topological polar surface area (TPSA) is 29.3 Å². The van der Waals surface area contributed by atoms with Crippen molar-refractivity contribution in [2.45, 2.75) is 83.2 Å². The summed E-state index contributed by atoms with van der Waals surface area (Å²) in [6.45, 7) is 3.56. The zero-order valence-corrected chi connectivity index (χ0v) is 13.1. The number of nitrogens with two attached hydrogens (primary N) is 1. The lowest BCUT2D eigenvalue weighted by Crippen LogP contribution is -2.45. The minimum Gasteiger partial charge on any atom is -0.327 e. The first-order chi connectivity index (χ1) is 9.20. The van der Waals surface area contributed by atoms with Gasteiger partial charge in [0.05, 0.1) is 0 Å². The second kappa shape index (κ2) is 7.64. The zero-order valence-electron chi connectivity index (χ0n) is 13.1. The monoisotopic (exact) mass is 266 g/mol. The second-order valence-corrected chi connectivity index (χ2v) is 7.12. The molecule has 3 atom stereocenters. The van der Waals surface area contributed by atoms with E-state index in [0.29, 0.717) is 6.04 Å². The molecule has 2 heteroatoms. The molecule has 0 spiro atoms. The van der Waals surface area contributed by atoms with Crippen molar-refractivity contribution >= 4 is 0 Å². The highest BCUT2D eigenvalue weighted by Crippen LogP contribution is 2.32. The maximum atomic E-state index is 6.39. The Bertz CT molecular complexity index is 248. The molecule has 0 aromatic carbocycles. The van der Waals surface area contributed by atoms with Gasteiger partial charge in [-0.2, -0.15) is 0 Å². The van der Waals surface area contributed by atoms with Crippen molar-refractivity contribution in [3.05, 3.63) is 0 Å². The highest BCUT2D eigenvalue weighted by Gasteiger charge is 2.30. The van der Waals surface area contributed by atoms with E-state index in [2.05, 4.69) is 18.9 Å². The summed E-state index contributed by atoms with van der Waals surface area (Å²) in [7, 11) is 2.34. The van der Waals surface area contributed by atoms with Gasteiger partial charge in [0.1, 0.15) is 0 Å². The van der Waals surface area contributed by atoms with E-state index in [1.807, 2.05) is 0 Å². The van der Waals surface area contributed by atoms with Crippen molar-refractivity contribution in [1.82, 2.24) is 4.90 Å². The first kappa shape index (κ1) is 15.3. The van der Waals surface area contributed by atoms with Crippen molar-refractivity contribution in [2.24, 2.45) is 17.6 Å². The summed E-state index contributed by atoms with van der Waals surface area (Å²) in [6, 6.07) is 1.30. The minimum atomic E-state index is 0.458. The Morgan fingerprint density at radius 2 is 1.79 bits per heavy atom. The number of hydrogen-bond donors (Lipinski definition) is 1. The largest absolute Gasteiger partial charge is 0.327 e. The fraction of sp³-hybridized carbons (Fsp3) is 1.00. The van der Waals surface area contributed by atoms with Crippen LogP contribution in [0.15, 0.2) is 0 Å². The summed E-state index contributed by atoms with van der Waals surface area (Å²) in [5.41, 5.74) is 6.39. The second-order valence-electron chi connectivity index (χ2n) is 7.12. The predicted molar refractivity (Wildman–Crippen MR) is 83.2 cm³/mol. The maximum Gasteiger partial charge on any atom is 0.00923 e. The SMILES string of the molecule is CCCC1CCC(N)C(CN(C)C2CCCCC2)C1. The van der Waals surface area contributed by atoms with E-state index in [9.17, 15) is 0 Å². The third-order valence-corrected chi connectivity index (χ3v) is 5.57. The van der Waals surface area contributed by atoms with Gasteiger partial charge in [0.15, 0.2) is 0 Å². The lowest BCUT2D eigenvalue weighted by Gasteiger charge is -2.39. The molecule has 0 aromatic rings. The van der Waals surface area contributed by atoms with Gasteiger partial charge in [-0.05, 0) is 51.0 Å². The van der Waals surface area contributed by atoms with E-state index >= 15 is 0 Å². The molecule has 0 aromatic heterocycles. The molecule has 0 aliphatic heterocycles. The van der Waals surface area contributed by atoms with Gasteiger partial charge in [-0.25, -0.2) is 0 Å². The lowest BCUT2D eigenvalue weighted by molar-refractivity contribution is 0.122. The maximum absolute atomic E-state index is 6.39. The predicted octanol–water partition coefficient (Wildman–Crippen LogP) is 3.79. The van der Waals surface area contributed by atoms with Crippen LogP contribution in [0.5, 0.6) is 0 Å². The smallest absolute Gasteiger partial charge is 0.00923 e. The van der Waals surface area contributed by atoms with Crippen LogP contribution in [0.1, 0.15) is 71.1 Å². The van der Waals surface area contributed by atoms with Gasteiger partial charge in [0.25, 0.3) is 0 Å². The van der Waals surface area contributed by atoms with E-state index in [0.717, 1.165) is 17.9 Å². The molecule has 19 heavy (non-hydrogen) atoms. The van der Waals surface area contributed by atoms with Crippen LogP contribution >= 0.6 is 0 Å². The Kier molecular flexibility index (Phi) is 6.15. The van der Waals surface area contributed by atoms with Gasteiger partial charge in [-0.3, -0.25) is 0 Å². The fourth-order valence-electron chi connectivity index (χ4n) is 4.31. The molecule has 0 saturated heterocycles. The van der Waals surface area contributed by atoms with E-state index in [4.69, 9.17) is 5.73 Å². The summed E-state index contributed by atoms with van der Waals surface area (Å²) in [5, 5.41) is 0. The van der Waals surface area contributed by atoms with Crippen LogP contribution in [-0.2, 0) is 0 Å². The van der Waals surface area contributed by atoms with Crippen LogP contribution in [0.2, 0.25) is 0 Å². The number of rotatable bonds is 5. The third-order valence-electron chi connectivity index (χ3n) is 5.57. The Hall–Kier alpha value is -0.0800. The molecule has 2 rings (SSSR count). The standard InChI is InChI=1S/C17H34N2/c1-3-7-14-10-11-17(18)15(12-14)13-19(2)16-8-5-4-6-9-16/h14-17H,3-13,18H2,1-2H3. The van der Waals surface area contributed by atoms with Crippen LogP contribution in [0.25, 0.3) is 0 Å². The molecule has 0 bridgehead atoms. The summed E-state index contributed by atoms with van der Waals surface area (Å²) in [5.74, 6) is 1.70. The highest BCUT2D eigenvalue weighted by molar-refractivity contribution is 4.85. The Labute approximate surface area is 120 Å². The van der Waals surface area contributed by atoms with Crippen LogP contribution in [0, 0.1) is 11.8 Å². The summed E-state index contributed by atoms with van der Waals surface area (Å²) >= 11 is 0. The average molecular weight is 266 g/mol. The van der Waals surface area contributed by atoms with Crippen molar-refractivity contribution in [3.63, 3.8) is 0 Å². The molecule has 2 saturated carbocycles. The molecular formula is C17H34N2. The molecular weight excluding hydrogens is 232 g/mol. The van der Waals surface area contributed by atoms with Gasteiger partial charge >= 0.3 is 0 Å². The van der Waals surface area contributed by atoms with Gasteiger partial charge in [-0.15, -0.1) is 0 Å².